The molecule has 0 saturated heterocycles. The molecule has 4 nitrogen and oxygen atoms in total. The molecular weight excluding hydrogens is 316 g/mol. The molecule has 1 aromatic carbocycles. The Labute approximate surface area is 127 Å². The lowest BCUT2D eigenvalue weighted by Crippen LogP contribution is -2.24. The first-order valence-corrected chi connectivity index (χ1v) is 8.72. The first-order chi connectivity index (χ1) is 9.53. The van der Waals surface area contributed by atoms with Crippen molar-refractivity contribution in [3.05, 3.63) is 51.2 Å². The van der Waals surface area contributed by atoms with E-state index in [1.54, 1.807) is 42.8 Å². The Hall–Kier alpha value is -0.920. The largest absolute Gasteiger partial charge is 0.315 e. The summed E-state index contributed by atoms with van der Waals surface area (Å²) >= 11 is 7.22. The van der Waals surface area contributed by atoms with Crippen molar-refractivity contribution in [2.45, 2.75) is 18.0 Å². The van der Waals surface area contributed by atoms with E-state index in [1.807, 2.05) is 0 Å². The van der Waals surface area contributed by atoms with Gasteiger partial charge in [-0.1, -0.05) is 23.7 Å². The highest BCUT2D eigenvalue weighted by molar-refractivity contribution is 7.89. The summed E-state index contributed by atoms with van der Waals surface area (Å²) in [6.45, 7) is 0.781. The van der Waals surface area contributed by atoms with E-state index in [0.29, 0.717) is 16.5 Å². The highest BCUT2D eigenvalue weighted by atomic mass is 35.5. The number of nitrogens with one attached hydrogen (secondary N) is 2. The molecule has 0 radical (unpaired) electrons. The Bertz CT molecular complexity index is 666. The van der Waals surface area contributed by atoms with Gasteiger partial charge in [-0.05, 0) is 36.2 Å². The van der Waals surface area contributed by atoms with Crippen molar-refractivity contribution < 1.29 is 8.42 Å². The van der Waals surface area contributed by atoms with Gasteiger partial charge in [-0.3, -0.25) is 0 Å². The van der Waals surface area contributed by atoms with E-state index in [2.05, 4.69) is 10.0 Å². The molecule has 0 saturated carbocycles. The van der Waals surface area contributed by atoms with Gasteiger partial charge >= 0.3 is 0 Å². The van der Waals surface area contributed by atoms with Gasteiger partial charge in [0.2, 0.25) is 10.0 Å². The number of sulfonamides is 1. The Morgan fingerprint density at radius 3 is 2.50 bits per heavy atom. The van der Waals surface area contributed by atoms with Crippen LogP contribution in [0.25, 0.3) is 0 Å². The molecule has 2 rings (SSSR count). The number of hydrogen-bond acceptors (Lipinski definition) is 4. The minimum Gasteiger partial charge on any atom is -0.315 e. The molecule has 0 aliphatic carbocycles. The highest BCUT2D eigenvalue weighted by Crippen LogP contribution is 2.22. The summed E-state index contributed by atoms with van der Waals surface area (Å²) < 4.78 is 27.1. The molecule has 7 heteroatoms. The molecule has 108 valence electrons. The number of halogens is 1. The van der Waals surface area contributed by atoms with Crippen LogP contribution in [-0.2, 0) is 23.1 Å². The molecule has 0 amide bonds. The standard InChI is InChI=1S/C13H15ClN2O2S2/c1-15-9-12-13(6-7-19-12)20(17,18)16-8-10-2-4-11(14)5-3-10/h2-7,15-16H,8-9H2,1H3. The minimum absolute atomic E-state index is 0.244. The van der Waals surface area contributed by atoms with Crippen molar-refractivity contribution in [2.24, 2.45) is 0 Å². The molecule has 1 heterocycles. The van der Waals surface area contributed by atoms with Gasteiger partial charge in [-0.15, -0.1) is 11.3 Å². The molecule has 0 aliphatic heterocycles. The minimum atomic E-state index is -3.49. The zero-order chi connectivity index (χ0) is 14.6. The van der Waals surface area contributed by atoms with E-state index in [0.717, 1.165) is 10.4 Å². The maximum atomic E-state index is 12.3. The molecule has 0 spiro atoms. The Morgan fingerprint density at radius 2 is 1.85 bits per heavy atom. The van der Waals surface area contributed by atoms with Crippen LogP contribution in [0.5, 0.6) is 0 Å². The molecule has 2 N–H and O–H groups in total. The van der Waals surface area contributed by atoms with Gasteiger partial charge in [-0.25, -0.2) is 13.1 Å². The second kappa shape index (κ2) is 6.69. The lowest BCUT2D eigenvalue weighted by Gasteiger charge is -2.08. The van der Waals surface area contributed by atoms with Crippen molar-refractivity contribution in [1.82, 2.24) is 10.0 Å². The lowest BCUT2D eigenvalue weighted by atomic mass is 10.2. The third kappa shape index (κ3) is 3.80. The predicted octanol–water partition coefficient (Wildman–Crippen LogP) is 2.60. The predicted molar refractivity (Wildman–Crippen MR) is 82.6 cm³/mol. The first kappa shape index (κ1) is 15.5. The summed E-state index contributed by atoms with van der Waals surface area (Å²) in [7, 11) is -1.70. The molecule has 0 fully saturated rings. The summed E-state index contributed by atoms with van der Waals surface area (Å²) in [6, 6.07) is 8.70. The van der Waals surface area contributed by atoms with Gasteiger partial charge in [0.1, 0.15) is 0 Å². The van der Waals surface area contributed by atoms with Crippen LogP contribution in [0.15, 0.2) is 40.6 Å². The molecule has 0 aliphatic rings. The third-order valence-electron chi connectivity index (χ3n) is 2.71. The summed E-state index contributed by atoms with van der Waals surface area (Å²) in [5.74, 6) is 0. The van der Waals surface area contributed by atoms with Crippen LogP contribution in [0.3, 0.4) is 0 Å². The number of hydrogen-bond donors (Lipinski definition) is 2. The summed E-state index contributed by atoms with van der Waals surface area (Å²) in [5.41, 5.74) is 0.864. The molecular formula is C13H15ClN2O2S2. The van der Waals surface area contributed by atoms with E-state index in [9.17, 15) is 8.42 Å². The van der Waals surface area contributed by atoms with Crippen LogP contribution < -0.4 is 10.0 Å². The normalized spacial score (nSPS) is 11.7. The average molecular weight is 331 g/mol. The first-order valence-electron chi connectivity index (χ1n) is 5.98. The average Bonchev–Trinajstić information content (AvgIpc) is 2.88. The van der Waals surface area contributed by atoms with E-state index in [1.165, 1.54) is 11.3 Å². The zero-order valence-electron chi connectivity index (χ0n) is 10.9. The molecule has 20 heavy (non-hydrogen) atoms. The van der Waals surface area contributed by atoms with Crippen molar-refractivity contribution in [3.8, 4) is 0 Å². The third-order valence-corrected chi connectivity index (χ3v) is 5.50. The Balaban J connectivity index is 2.11. The highest BCUT2D eigenvalue weighted by Gasteiger charge is 2.18. The van der Waals surface area contributed by atoms with Crippen molar-refractivity contribution >= 4 is 33.0 Å². The maximum absolute atomic E-state index is 12.3. The van der Waals surface area contributed by atoms with Crippen molar-refractivity contribution in [1.29, 1.82) is 0 Å². The fourth-order valence-electron chi connectivity index (χ4n) is 1.72. The molecule has 0 bridgehead atoms. The SMILES string of the molecule is CNCc1sccc1S(=O)(=O)NCc1ccc(Cl)cc1. The number of rotatable bonds is 6. The van der Waals surface area contributed by atoms with Crippen molar-refractivity contribution in [3.63, 3.8) is 0 Å². The van der Waals surface area contributed by atoms with Crippen LogP contribution in [0.4, 0.5) is 0 Å². The van der Waals surface area contributed by atoms with Crippen LogP contribution in [-0.4, -0.2) is 15.5 Å². The lowest BCUT2D eigenvalue weighted by molar-refractivity contribution is 0.580. The summed E-state index contributed by atoms with van der Waals surface area (Å²) in [4.78, 5) is 1.14. The van der Waals surface area contributed by atoms with Crippen LogP contribution in [0, 0.1) is 0 Å². The van der Waals surface area contributed by atoms with Gasteiger partial charge in [0.05, 0.1) is 4.90 Å². The summed E-state index contributed by atoms with van der Waals surface area (Å²) in [5, 5.41) is 5.38. The van der Waals surface area contributed by atoms with Gasteiger partial charge in [0.25, 0.3) is 0 Å². The second-order valence-corrected chi connectivity index (χ2v) is 7.36. The van der Waals surface area contributed by atoms with Crippen LogP contribution >= 0.6 is 22.9 Å². The van der Waals surface area contributed by atoms with E-state index in [-0.39, 0.29) is 6.54 Å². The second-order valence-electron chi connectivity index (χ2n) is 4.19. The maximum Gasteiger partial charge on any atom is 0.242 e. The monoisotopic (exact) mass is 330 g/mol. The summed E-state index contributed by atoms with van der Waals surface area (Å²) in [6.07, 6.45) is 0. The van der Waals surface area contributed by atoms with Gasteiger partial charge in [-0.2, -0.15) is 0 Å². The number of benzene rings is 1. The smallest absolute Gasteiger partial charge is 0.242 e. The fourth-order valence-corrected chi connectivity index (χ4v) is 4.31. The van der Waals surface area contributed by atoms with E-state index >= 15 is 0 Å². The zero-order valence-corrected chi connectivity index (χ0v) is 13.3. The quantitative estimate of drug-likeness (QED) is 0.856. The van der Waals surface area contributed by atoms with Crippen LogP contribution in [0.1, 0.15) is 10.4 Å². The topological polar surface area (TPSA) is 58.2 Å². The van der Waals surface area contributed by atoms with E-state index < -0.39 is 10.0 Å². The number of thiophene rings is 1. The fraction of sp³-hybridized carbons (Fsp3) is 0.231. The molecule has 0 atom stereocenters. The van der Waals surface area contributed by atoms with Gasteiger partial charge in [0.15, 0.2) is 0 Å². The molecule has 0 unspecified atom stereocenters. The Morgan fingerprint density at radius 1 is 1.15 bits per heavy atom. The van der Waals surface area contributed by atoms with Gasteiger partial charge < -0.3 is 5.32 Å². The molecule has 1 aromatic heterocycles. The van der Waals surface area contributed by atoms with E-state index in [4.69, 9.17) is 11.6 Å². The molecule has 2 aromatic rings. The van der Waals surface area contributed by atoms with Crippen LogP contribution in [0.2, 0.25) is 5.02 Å². The van der Waals surface area contributed by atoms with Gasteiger partial charge in [0, 0.05) is 23.0 Å². The Kier molecular flexibility index (Phi) is 5.17. The van der Waals surface area contributed by atoms with Crippen molar-refractivity contribution in [2.75, 3.05) is 7.05 Å².